The summed E-state index contributed by atoms with van der Waals surface area (Å²) in [6.45, 7) is 4.12. The van der Waals surface area contributed by atoms with Crippen LogP contribution in [-0.2, 0) is 6.54 Å². The van der Waals surface area contributed by atoms with Gasteiger partial charge in [0.05, 0.1) is 12.9 Å². The number of aromatic nitrogens is 3. The van der Waals surface area contributed by atoms with Crippen molar-refractivity contribution in [2.75, 3.05) is 24.2 Å². The molecule has 6 nitrogen and oxygen atoms in total. The number of imidazole rings is 1. The van der Waals surface area contributed by atoms with Crippen LogP contribution in [0.25, 0.3) is 0 Å². The third kappa shape index (κ3) is 2.88. The lowest BCUT2D eigenvalue weighted by atomic mass is 10.5. The summed E-state index contributed by atoms with van der Waals surface area (Å²) in [4.78, 5) is 3.98. The van der Waals surface area contributed by atoms with Gasteiger partial charge in [-0.3, -0.25) is 0 Å². The SMILES string of the molecule is CCOc1c(N)nsc1NCCn1ccnc1. The highest BCUT2D eigenvalue weighted by molar-refractivity contribution is 7.11. The van der Waals surface area contributed by atoms with Gasteiger partial charge in [0.15, 0.2) is 16.6 Å². The van der Waals surface area contributed by atoms with Gasteiger partial charge >= 0.3 is 0 Å². The quantitative estimate of drug-likeness (QED) is 0.814. The Kier molecular flexibility index (Phi) is 3.81. The van der Waals surface area contributed by atoms with Crippen LogP contribution in [0.1, 0.15) is 6.92 Å². The maximum atomic E-state index is 5.71. The van der Waals surface area contributed by atoms with E-state index in [0.29, 0.717) is 18.2 Å². The molecule has 0 atom stereocenters. The Morgan fingerprint density at radius 1 is 1.59 bits per heavy atom. The van der Waals surface area contributed by atoms with E-state index in [1.807, 2.05) is 17.7 Å². The maximum absolute atomic E-state index is 5.71. The van der Waals surface area contributed by atoms with Crippen LogP contribution in [-0.4, -0.2) is 27.1 Å². The topological polar surface area (TPSA) is 78.0 Å². The first-order valence-corrected chi connectivity index (χ1v) is 6.16. The van der Waals surface area contributed by atoms with E-state index in [9.17, 15) is 0 Å². The molecule has 0 amide bonds. The van der Waals surface area contributed by atoms with E-state index in [0.717, 1.165) is 18.1 Å². The van der Waals surface area contributed by atoms with Gasteiger partial charge < -0.3 is 20.4 Å². The monoisotopic (exact) mass is 253 g/mol. The lowest BCUT2D eigenvalue weighted by molar-refractivity contribution is 0.344. The Labute approximate surface area is 104 Å². The van der Waals surface area contributed by atoms with Crippen LogP contribution in [0.4, 0.5) is 10.8 Å². The van der Waals surface area contributed by atoms with Gasteiger partial charge in [0.1, 0.15) is 0 Å². The molecule has 3 N–H and O–H groups in total. The van der Waals surface area contributed by atoms with E-state index in [-0.39, 0.29) is 0 Å². The number of nitrogens with one attached hydrogen (secondary N) is 1. The molecule has 0 spiro atoms. The van der Waals surface area contributed by atoms with Gasteiger partial charge in [0, 0.05) is 25.5 Å². The highest BCUT2D eigenvalue weighted by Crippen LogP contribution is 2.34. The van der Waals surface area contributed by atoms with E-state index < -0.39 is 0 Å². The third-order valence-corrected chi connectivity index (χ3v) is 2.98. The average molecular weight is 253 g/mol. The van der Waals surface area contributed by atoms with Crippen LogP contribution < -0.4 is 15.8 Å². The van der Waals surface area contributed by atoms with E-state index >= 15 is 0 Å². The molecule has 2 rings (SSSR count). The molecule has 2 heterocycles. The van der Waals surface area contributed by atoms with Crippen LogP contribution in [0.3, 0.4) is 0 Å². The fraction of sp³-hybridized carbons (Fsp3) is 0.400. The number of nitrogen functional groups attached to an aromatic ring is 1. The summed E-state index contributed by atoms with van der Waals surface area (Å²) in [6.07, 6.45) is 5.47. The van der Waals surface area contributed by atoms with E-state index in [1.54, 1.807) is 12.5 Å². The van der Waals surface area contributed by atoms with Gasteiger partial charge in [0.25, 0.3) is 0 Å². The van der Waals surface area contributed by atoms with Gasteiger partial charge in [-0.1, -0.05) is 0 Å². The van der Waals surface area contributed by atoms with E-state index in [4.69, 9.17) is 10.5 Å². The summed E-state index contributed by atoms with van der Waals surface area (Å²) in [5.74, 6) is 1.10. The largest absolute Gasteiger partial charge is 0.487 e. The van der Waals surface area contributed by atoms with Crippen LogP contribution in [0.2, 0.25) is 0 Å². The van der Waals surface area contributed by atoms with Crippen LogP contribution in [0.5, 0.6) is 5.75 Å². The summed E-state index contributed by atoms with van der Waals surface area (Å²) in [5, 5.41) is 4.14. The molecule has 0 aliphatic heterocycles. The highest BCUT2D eigenvalue weighted by Gasteiger charge is 2.11. The molecule has 17 heavy (non-hydrogen) atoms. The van der Waals surface area contributed by atoms with Crippen LogP contribution in [0.15, 0.2) is 18.7 Å². The predicted octanol–water partition coefficient (Wildman–Crippen LogP) is 1.43. The second-order valence-electron chi connectivity index (χ2n) is 3.39. The molecule has 92 valence electrons. The first-order valence-electron chi connectivity index (χ1n) is 5.38. The van der Waals surface area contributed by atoms with Gasteiger partial charge in [0.2, 0.25) is 0 Å². The predicted molar refractivity (Wildman–Crippen MR) is 68.4 cm³/mol. The molecule has 7 heteroatoms. The standard InChI is InChI=1S/C10H15N5OS/c1-2-16-8-9(11)14-17-10(8)13-4-6-15-5-3-12-7-15/h3,5,7,13H,2,4,6H2,1H3,(H2,11,14). The number of nitrogens with zero attached hydrogens (tertiary/aromatic N) is 3. The summed E-state index contributed by atoms with van der Waals surface area (Å²) >= 11 is 1.32. The average Bonchev–Trinajstić information content (AvgIpc) is 2.93. The Balaban J connectivity index is 1.90. The van der Waals surface area contributed by atoms with Crippen molar-refractivity contribution in [1.29, 1.82) is 0 Å². The zero-order valence-electron chi connectivity index (χ0n) is 9.59. The molecule has 2 aromatic rings. The minimum absolute atomic E-state index is 0.446. The molecule has 2 aromatic heterocycles. The Bertz CT molecular complexity index is 453. The minimum atomic E-state index is 0.446. The smallest absolute Gasteiger partial charge is 0.197 e. The summed E-state index contributed by atoms with van der Waals surface area (Å²) < 4.78 is 11.5. The molecule has 0 bridgehead atoms. The molecule has 0 aliphatic rings. The second-order valence-corrected chi connectivity index (χ2v) is 4.16. The van der Waals surface area contributed by atoms with Crippen molar-refractivity contribution in [3.63, 3.8) is 0 Å². The summed E-state index contributed by atoms with van der Waals surface area (Å²) in [7, 11) is 0. The Morgan fingerprint density at radius 2 is 2.47 bits per heavy atom. The van der Waals surface area contributed by atoms with Crippen molar-refractivity contribution in [1.82, 2.24) is 13.9 Å². The summed E-state index contributed by atoms with van der Waals surface area (Å²) in [5.41, 5.74) is 5.71. The van der Waals surface area contributed by atoms with Gasteiger partial charge in [-0.2, -0.15) is 4.37 Å². The third-order valence-electron chi connectivity index (χ3n) is 2.18. The minimum Gasteiger partial charge on any atom is -0.487 e. The Morgan fingerprint density at radius 3 is 3.18 bits per heavy atom. The zero-order valence-corrected chi connectivity index (χ0v) is 10.4. The molecule has 0 radical (unpaired) electrons. The van der Waals surface area contributed by atoms with Gasteiger partial charge in [-0.15, -0.1) is 0 Å². The Hall–Kier alpha value is -1.76. The van der Waals surface area contributed by atoms with E-state index in [1.165, 1.54) is 11.5 Å². The van der Waals surface area contributed by atoms with Crippen molar-refractivity contribution in [3.8, 4) is 5.75 Å². The number of ether oxygens (including phenoxy) is 1. The van der Waals surface area contributed by atoms with Crippen LogP contribution in [0, 0.1) is 0 Å². The van der Waals surface area contributed by atoms with Gasteiger partial charge in [-0.05, 0) is 18.5 Å². The van der Waals surface area contributed by atoms with Gasteiger partial charge in [-0.25, -0.2) is 4.98 Å². The number of nitrogens with two attached hydrogens (primary N) is 1. The highest BCUT2D eigenvalue weighted by atomic mass is 32.1. The number of hydrogen-bond donors (Lipinski definition) is 2. The molecule has 0 fully saturated rings. The normalized spacial score (nSPS) is 10.4. The lowest BCUT2D eigenvalue weighted by Crippen LogP contribution is -2.09. The fourth-order valence-electron chi connectivity index (χ4n) is 1.41. The zero-order chi connectivity index (χ0) is 12.1. The number of rotatable bonds is 6. The molecule has 0 aliphatic carbocycles. The lowest BCUT2D eigenvalue weighted by Gasteiger charge is -2.07. The molecule has 0 saturated carbocycles. The van der Waals surface area contributed by atoms with Crippen molar-refractivity contribution in [2.24, 2.45) is 0 Å². The number of hydrogen-bond acceptors (Lipinski definition) is 6. The molecule has 0 aromatic carbocycles. The second kappa shape index (κ2) is 5.53. The fourth-order valence-corrected chi connectivity index (χ4v) is 2.09. The number of anilines is 2. The first-order chi connectivity index (χ1) is 8.31. The molecule has 0 saturated heterocycles. The van der Waals surface area contributed by atoms with Crippen molar-refractivity contribution < 1.29 is 4.74 Å². The van der Waals surface area contributed by atoms with E-state index in [2.05, 4.69) is 14.7 Å². The molecular weight excluding hydrogens is 238 g/mol. The maximum Gasteiger partial charge on any atom is 0.197 e. The van der Waals surface area contributed by atoms with Crippen molar-refractivity contribution >= 4 is 22.4 Å². The molecule has 0 unspecified atom stereocenters. The van der Waals surface area contributed by atoms with Crippen LogP contribution >= 0.6 is 11.5 Å². The van der Waals surface area contributed by atoms with Crippen molar-refractivity contribution in [2.45, 2.75) is 13.5 Å². The molecular formula is C10H15N5OS. The summed E-state index contributed by atoms with van der Waals surface area (Å²) in [6, 6.07) is 0. The first kappa shape index (κ1) is 11.7. The van der Waals surface area contributed by atoms with Crippen molar-refractivity contribution in [3.05, 3.63) is 18.7 Å².